The Morgan fingerprint density at radius 2 is 1.90 bits per heavy atom. The van der Waals surface area contributed by atoms with Crippen LogP contribution in [-0.2, 0) is 0 Å². The Morgan fingerprint density at radius 3 is 2.62 bits per heavy atom. The third kappa shape index (κ3) is 4.21. The van der Waals surface area contributed by atoms with Crippen LogP contribution in [0.4, 0.5) is 11.4 Å². The summed E-state index contributed by atoms with van der Waals surface area (Å²) in [4.78, 5) is 10.6. The summed E-state index contributed by atoms with van der Waals surface area (Å²) in [6, 6.07) is 12.8. The van der Waals surface area contributed by atoms with E-state index in [0.717, 1.165) is 16.9 Å². The molecule has 110 valence electrons. The smallest absolute Gasteiger partial charge is 0.292 e. The van der Waals surface area contributed by atoms with Crippen LogP contribution in [-0.4, -0.2) is 18.1 Å². The quantitative estimate of drug-likeness (QED) is 0.499. The van der Waals surface area contributed by atoms with E-state index in [1.54, 1.807) is 12.1 Å². The number of benzene rings is 2. The van der Waals surface area contributed by atoms with Gasteiger partial charge in [-0.15, -0.1) is 0 Å². The molecular formula is C16H18N2O3. The zero-order valence-electron chi connectivity index (χ0n) is 12.1. The van der Waals surface area contributed by atoms with Gasteiger partial charge in [-0.3, -0.25) is 10.1 Å². The average Bonchev–Trinajstić information content (AvgIpc) is 2.43. The van der Waals surface area contributed by atoms with E-state index in [2.05, 4.69) is 5.32 Å². The Balaban J connectivity index is 1.91. The molecule has 0 radical (unpaired) electrons. The van der Waals surface area contributed by atoms with Crippen molar-refractivity contribution in [2.45, 2.75) is 13.8 Å². The van der Waals surface area contributed by atoms with Crippen LogP contribution in [0.2, 0.25) is 0 Å². The van der Waals surface area contributed by atoms with Crippen molar-refractivity contribution in [3.63, 3.8) is 0 Å². The first-order valence-electron chi connectivity index (χ1n) is 6.74. The molecule has 2 aromatic carbocycles. The van der Waals surface area contributed by atoms with Crippen LogP contribution in [0.15, 0.2) is 42.5 Å². The minimum Gasteiger partial charge on any atom is -0.492 e. The second-order valence-corrected chi connectivity index (χ2v) is 4.87. The van der Waals surface area contributed by atoms with Crippen LogP contribution in [0.5, 0.6) is 5.75 Å². The number of hydrogen-bond donors (Lipinski definition) is 1. The summed E-state index contributed by atoms with van der Waals surface area (Å²) in [6.45, 7) is 4.84. The lowest BCUT2D eigenvalue weighted by Gasteiger charge is -2.10. The fraction of sp³-hybridized carbons (Fsp3) is 0.250. The summed E-state index contributed by atoms with van der Waals surface area (Å²) in [6.07, 6.45) is 0. The van der Waals surface area contributed by atoms with Crippen LogP contribution in [0.25, 0.3) is 0 Å². The van der Waals surface area contributed by atoms with Gasteiger partial charge in [-0.1, -0.05) is 18.2 Å². The lowest BCUT2D eigenvalue weighted by Crippen LogP contribution is -2.12. The topological polar surface area (TPSA) is 64.4 Å². The number of rotatable bonds is 6. The highest BCUT2D eigenvalue weighted by atomic mass is 16.6. The molecule has 0 unspecified atom stereocenters. The number of aryl methyl sites for hydroxylation is 2. The van der Waals surface area contributed by atoms with Gasteiger partial charge in [0, 0.05) is 12.6 Å². The molecule has 0 aromatic heterocycles. The second kappa shape index (κ2) is 6.74. The highest BCUT2D eigenvalue weighted by Gasteiger charge is 2.12. The van der Waals surface area contributed by atoms with Crippen molar-refractivity contribution < 1.29 is 9.66 Å². The van der Waals surface area contributed by atoms with Crippen LogP contribution in [0.3, 0.4) is 0 Å². The van der Waals surface area contributed by atoms with Crippen LogP contribution in [0, 0.1) is 24.0 Å². The second-order valence-electron chi connectivity index (χ2n) is 4.87. The summed E-state index contributed by atoms with van der Waals surface area (Å²) >= 11 is 0. The van der Waals surface area contributed by atoms with E-state index in [4.69, 9.17) is 4.74 Å². The molecule has 0 aliphatic carbocycles. The number of nitro groups is 1. The first-order chi connectivity index (χ1) is 10.1. The zero-order chi connectivity index (χ0) is 15.2. The van der Waals surface area contributed by atoms with Gasteiger partial charge in [0.1, 0.15) is 18.0 Å². The standard InChI is InChI=1S/C16H18N2O3/c1-12-4-3-5-14(10-12)21-9-8-17-15-11-13(2)6-7-16(15)18(19)20/h3-7,10-11,17H,8-9H2,1-2H3. The molecule has 0 aliphatic rings. The number of anilines is 1. The van der Waals surface area contributed by atoms with Gasteiger partial charge < -0.3 is 10.1 Å². The van der Waals surface area contributed by atoms with Gasteiger partial charge in [0.25, 0.3) is 5.69 Å². The summed E-state index contributed by atoms with van der Waals surface area (Å²) in [7, 11) is 0. The third-order valence-electron chi connectivity index (χ3n) is 3.02. The molecule has 0 aliphatic heterocycles. The fourth-order valence-electron chi connectivity index (χ4n) is 2.01. The van der Waals surface area contributed by atoms with E-state index < -0.39 is 0 Å². The van der Waals surface area contributed by atoms with Crippen molar-refractivity contribution in [2.24, 2.45) is 0 Å². The largest absolute Gasteiger partial charge is 0.492 e. The molecule has 0 saturated carbocycles. The average molecular weight is 286 g/mol. The molecule has 0 heterocycles. The minimum absolute atomic E-state index is 0.0798. The fourth-order valence-corrected chi connectivity index (χ4v) is 2.01. The number of nitrogens with zero attached hydrogens (tertiary/aromatic N) is 1. The Hall–Kier alpha value is -2.56. The Morgan fingerprint density at radius 1 is 1.14 bits per heavy atom. The first-order valence-corrected chi connectivity index (χ1v) is 6.74. The Labute approximate surface area is 123 Å². The summed E-state index contributed by atoms with van der Waals surface area (Å²) in [5.41, 5.74) is 2.71. The number of hydrogen-bond acceptors (Lipinski definition) is 4. The van der Waals surface area contributed by atoms with Crippen molar-refractivity contribution in [1.29, 1.82) is 0 Å². The first kappa shape index (κ1) is 14.8. The van der Waals surface area contributed by atoms with Crippen molar-refractivity contribution in [1.82, 2.24) is 0 Å². The van der Waals surface area contributed by atoms with Gasteiger partial charge in [-0.05, 0) is 43.2 Å². The molecule has 0 fully saturated rings. The zero-order valence-corrected chi connectivity index (χ0v) is 12.1. The molecule has 0 atom stereocenters. The maximum Gasteiger partial charge on any atom is 0.292 e. The van der Waals surface area contributed by atoms with Gasteiger partial charge in [0.15, 0.2) is 0 Å². The molecule has 0 amide bonds. The maximum absolute atomic E-state index is 11.0. The lowest BCUT2D eigenvalue weighted by atomic mass is 10.2. The number of ether oxygens (including phenoxy) is 1. The molecule has 21 heavy (non-hydrogen) atoms. The predicted octanol–water partition coefficient (Wildman–Crippen LogP) is 3.70. The van der Waals surface area contributed by atoms with E-state index in [9.17, 15) is 10.1 Å². The molecule has 2 aromatic rings. The van der Waals surface area contributed by atoms with Gasteiger partial charge >= 0.3 is 0 Å². The molecule has 0 saturated heterocycles. The van der Waals surface area contributed by atoms with Gasteiger partial charge in [0.05, 0.1) is 4.92 Å². The van der Waals surface area contributed by atoms with Crippen LogP contribution >= 0.6 is 0 Å². The molecule has 5 nitrogen and oxygen atoms in total. The monoisotopic (exact) mass is 286 g/mol. The summed E-state index contributed by atoms with van der Waals surface area (Å²) in [5, 5.41) is 14.0. The third-order valence-corrected chi connectivity index (χ3v) is 3.02. The van der Waals surface area contributed by atoms with E-state index in [0.29, 0.717) is 18.8 Å². The maximum atomic E-state index is 11.0. The number of nitrogens with one attached hydrogen (secondary N) is 1. The van der Waals surface area contributed by atoms with Gasteiger partial charge in [-0.25, -0.2) is 0 Å². The van der Waals surface area contributed by atoms with E-state index in [-0.39, 0.29) is 10.6 Å². The molecule has 1 N–H and O–H groups in total. The molecule has 5 heteroatoms. The molecule has 2 rings (SSSR count). The Bertz CT molecular complexity index is 641. The molecule has 0 spiro atoms. The van der Waals surface area contributed by atoms with E-state index in [1.165, 1.54) is 6.07 Å². The lowest BCUT2D eigenvalue weighted by molar-refractivity contribution is -0.384. The Kier molecular flexibility index (Phi) is 4.77. The van der Waals surface area contributed by atoms with Crippen molar-refractivity contribution >= 4 is 11.4 Å². The van der Waals surface area contributed by atoms with Crippen molar-refractivity contribution in [3.8, 4) is 5.75 Å². The minimum atomic E-state index is -0.386. The molecule has 0 bridgehead atoms. The van der Waals surface area contributed by atoms with E-state index in [1.807, 2.05) is 38.1 Å². The van der Waals surface area contributed by atoms with Gasteiger partial charge in [0.2, 0.25) is 0 Å². The van der Waals surface area contributed by atoms with Crippen molar-refractivity contribution in [2.75, 3.05) is 18.5 Å². The normalized spacial score (nSPS) is 10.2. The predicted molar refractivity (Wildman–Crippen MR) is 83.0 cm³/mol. The SMILES string of the molecule is Cc1cccc(OCCNc2cc(C)ccc2[N+](=O)[O-])c1. The summed E-state index contributed by atoms with van der Waals surface area (Å²) in [5.74, 6) is 0.801. The number of nitro benzene ring substituents is 1. The van der Waals surface area contributed by atoms with E-state index >= 15 is 0 Å². The van der Waals surface area contributed by atoms with Gasteiger partial charge in [-0.2, -0.15) is 0 Å². The van der Waals surface area contributed by atoms with Crippen LogP contribution < -0.4 is 10.1 Å². The summed E-state index contributed by atoms with van der Waals surface area (Å²) < 4.78 is 5.61. The molecular weight excluding hydrogens is 268 g/mol. The van der Waals surface area contributed by atoms with Crippen molar-refractivity contribution in [3.05, 3.63) is 63.7 Å². The highest BCUT2D eigenvalue weighted by Crippen LogP contribution is 2.24. The van der Waals surface area contributed by atoms with Crippen LogP contribution in [0.1, 0.15) is 11.1 Å². The highest BCUT2D eigenvalue weighted by molar-refractivity contribution is 5.62.